The van der Waals surface area contributed by atoms with E-state index in [2.05, 4.69) is 17.0 Å². The summed E-state index contributed by atoms with van der Waals surface area (Å²) in [5.41, 5.74) is 4.03. The van der Waals surface area contributed by atoms with Gasteiger partial charge in [-0.15, -0.1) is 0 Å². The van der Waals surface area contributed by atoms with Crippen molar-refractivity contribution in [1.29, 1.82) is 0 Å². The number of benzene rings is 3. The predicted molar refractivity (Wildman–Crippen MR) is 164 cm³/mol. The molecule has 0 N–H and O–H groups in total. The fourth-order valence-corrected chi connectivity index (χ4v) is 5.73. The molecule has 8 nitrogen and oxygen atoms in total. The van der Waals surface area contributed by atoms with Crippen LogP contribution in [-0.2, 0) is 32.3 Å². The molecule has 8 heteroatoms. The molecule has 2 heterocycles. The first-order chi connectivity index (χ1) is 20.9. The molecule has 224 valence electrons. The van der Waals surface area contributed by atoms with Crippen molar-refractivity contribution in [2.75, 3.05) is 39.3 Å². The van der Waals surface area contributed by atoms with Crippen LogP contribution in [0.2, 0.25) is 0 Å². The van der Waals surface area contributed by atoms with Crippen molar-refractivity contribution in [2.24, 2.45) is 0 Å². The molecule has 1 atom stereocenters. The molecule has 3 aromatic rings. The second-order valence-corrected chi connectivity index (χ2v) is 10.9. The number of ether oxygens (including phenoxy) is 2. The second-order valence-electron chi connectivity index (χ2n) is 10.9. The first-order valence-corrected chi connectivity index (χ1v) is 14.9. The molecular formula is C35H39N3O5. The molecule has 0 saturated carbocycles. The van der Waals surface area contributed by atoms with Crippen LogP contribution in [0.4, 0.5) is 0 Å². The van der Waals surface area contributed by atoms with Crippen molar-refractivity contribution in [3.8, 4) is 5.75 Å². The molecule has 0 radical (unpaired) electrons. The maximum atomic E-state index is 13.5. The number of esters is 1. The number of carbonyl (C=O) groups excluding carboxylic acids is 3. The van der Waals surface area contributed by atoms with Gasteiger partial charge in [0.2, 0.25) is 11.8 Å². The molecule has 2 aliphatic heterocycles. The first-order valence-electron chi connectivity index (χ1n) is 14.9. The Labute approximate surface area is 253 Å². The van der Waals surface area contributed by atoms with E-state index in [0.29, 0.717) is 36.7 Å². The molecule has 1 saturated heterocycles. The number of amides is 2. The van der Waals surface area contributed by atoms with Gasteiger partial charge in [0.15, 0.2) is 0 Å². The molecule has 2 amide bonds. The molecule has 1 fully saturated rings. The van der Waals surface area contributed by atoms with Crippen LogP contribution in [-0.4, -0.2) is 71.8 Å². The maximum absolute atomic E-state index is 13.5. The Morgan fingerprint density at radius 1 is 0.837 bits per heavy atom. The molecule has 5 rings (SSSR count). The quantitative estimate of drug-likeness (QED) is 0.321. The molecule has 0 spiro atoms. The maximum Gasteiger partial charge on any atom is 0.336 e. The fraction of sp³-hybridized carbons (Fsp3) is 0.343. The van der Waals surface area contributed by atoms with Gasteiger partial charge in [0.1, 0.15) is 18.9 Å². The van der Waals surface area contributed by atoms with Crippen LogP contribution in [0.3, 0.4) is 0 Å². The van der Waals surface area contributed by atoms with Gasteiger partial charge in [-0.05, 0) is 42.7 Å². The van der Waals surface area contributed by atoms with Crippen molar-refractivity contribution in [3.63, 3.8) is 0 Å². The molecule has 2 aliphatic rings. The summed E-state index contributed by atoms with van der Waals surface area (Å²) in [7, 11) is 0. The van der Waals surface area contributed by atoms with Gasteiger partial charge in [0, 0.05) is 50.8 Å². The van der Waals surface area contributed by atoms with E-state index in [9.17, 15) is 14.4 Å². The van der Waals surface area contributed by atoms with Gasteiger partial charge in [-0.3, -0.25) is 14.5 Å². The second kappa shape index (κ2) is 14.2. The Balaban J connectivity index is 1.26. The van der Waals surface area contributed by atoms with E-state index in [0.717, 1.165) is 30.8 Å². The van der Waals surface area contributed by atoms with Crippen LogP contribution < -0.4 is 4.74 Å². The number of nitrogens with zero attached hydrogens (tertiary/aromatic N) is 3. The Hall–Kier alpha value is -4.43. The van der Waals surface area contributed by atoms with E-state index in [4.69, 9.17) is 9.47 Å². The number of piperazine rings is 1. The average Bonchev–Trinajstić information content (AvgIpc) is 3.03. The zero-order chi connectivity index (χ0) is 30.2. The molecule has 0 aromatic heterocycles. The zero-order valence-corrected chi connectivity index (χ0v) is 24.9. The van der Waals surface area contributed by atoms with Crippen molar-refractivity contribution >= 4 is 17.8 Å². The highest BCUT2D eigenvalue weighted by Gasteiger charge is 2.38. The number of hydrogen-bond donors (Lipinski definition) is 0. The lowest BCUT2D eigenvalue weighted by molar-refractivity contribution is -0.143. The summed E-state index contributed by atoms with van der Waals surface area (Å²) in [5.74, 6) is -0.537. The van der Waals surface area contributed by atoms with E-state index in [1.165, 1.54) is 10.5 Å². The highest BCUT2D eigenvalue weighted by atomic mass is 16.5. The average molecular weight is 582 g/mol. The topological polar surface area (TPSA) is 79.4 Å². The third-order valence-electron chi connectivity index (χ3n) is 8.12. The van der Waals surface area contributed by atoms with Gasteiger partial charge in [0.25, 0.3) is 0 Å². The first kappa shape index (κ1) is 30.0. The molecule has 0 bridgehead atoms. The minimum absolute atomic E-state index is 0.0772. The summed E-state index contributed by atoms with van der Waals surface area (Å²) in [6.07, 6.45) is 0.0772. The highest BCUT2D eigenvalue weighted by Crippen LogP contribution is 2.37. The highest BCUT2D eigenvalue weighted by molar-refractivity contribution is 5.97. The van der Waals surface area contributed by atoms with E-state index in [1.54, 1.807) is 13.8 Å². The molecule has 0 aliphatic carbocycles. The lowest BCUT2D eigenvalue weighted by atomic mass is 9.83. The monoisotopic (exact) mass is 581 g/mol. The van der Waals surface area contributed by atoms with Crippen LogP contribution in [0.15, 0.2) is 96.2 Å². The SMILES string of the molecule is CCOC(=O)C1=C(C)N(CC(=O)N2CCN(Cc3ccccc3)CC2)C(=O)CC1c1ccc(OCc2ccccc2)cc1. The third kappa shape index (κ3) is 7.51. The minimum atomic E-state index is -0.470. The Morgan fingerprint density at radius 3 is 2.09 bits per heavy atom. The summed E-state index contributed by atoms with van der Waals surface area (Å²) in [6.45, 7) is 7.65. The molecular weight excluding hydrogens is 542 g/mol. The lowest BCUT2D eigenvalue weighted by Gasteiger charge is -2.38. The van der Waals surface area contributed by atoms with Crippen LogP contribution in [0.25, 0.3) is 0 Å². The Morgan fingerprint density at radius 2 is 1.47 bits per heavy atom. The van der Waals surface area contributed by atoms with Crippen molar-refractivity contribution < 1.29 is 23.9 Å². The summed E-state index contributed by atoms with van der Waals surface area (Å²) >= 11 is 0. The van der Waals surface area contributed by atoms with Crippen LogP contribution in [0.5, 0.6) is 5.75 Å². The summed E-state index contributed by atoms with van der Waals surface area (Å²) < 4.78 is 11.3. The zero-order valence-electron chi connectivity index (χ0n) is 24.9. The normalized spacial score (nSPS) is 17.6. The van der Waals surface area contributed by atoms with E-state index in [-0.39, 0.29) is 31.4 Å². The summed E-state index contributed by atoms with van der Waals surface area (Å²) in [4.78, 5) is 45.6. The smallest absolute Gasteiger partial charge is 0.336 e. The van der Waals surface area contributed by atoms with Gasteiger partial charge >= 0.3 is 5.97 Å². The molecule has 43 heavy (non-hydrogen) atoms. The van der Waals surface area contributed by atoms with E-state index in [1.807, 2.05) is 77.7 Å². The summed E-state index contributed by atoms with van der Waals surface area (Å²) in [5, 5.41) is 0. The van der Waals surface area contributed by atoms with Crippen LogP contribution >= 0.6 is 0 Å². The van der Waals surface area contributed by atoms with Crippen molar-refractivity contribution in [3.05, 3.63) is 113 Å². The van der Waals surface area contributed by atoms with Gasteiger partial charge in [0.05, 0.1) is 12.2 Å². The molecule has 1 unspecified atom stereocenters. The third-order valence-corrected chi connectivity index (χ3v) is 8.12. The van der Waals surface area contributed by atoms with Gasteiger partial charge < -0.3 is 19.3 Å². The number of hydrogen-bond acceptors (Lipinski definition) is 6. The Bertz CT molecular complexity index is 1430. The number of carbonyl (C=O) groups is 3. The van der Waals surface area contributed by atoms with E-state index >= 15 is 0 Å². The van der Waals surface area contributed by atoms with Crippen molar-refractivity contribution in [1.82, 2.24) is 14.7 Å². The van der Waals surface area contributed by atoms with E-state index < -0.39 is 11.9 Å². The van der Waals surface area contributed by atoms with Gasteiger partial charge in [-0.25, -0.2) is 4.79 Å². The Kier molecular flexibility index (Phi) is 9.89. The summed E-state index contributed by atoms with van der Waals surface area (Å²) in [6, 6.07) is 27.7. The number of allylic oxidation sites excluding steroid dienone is 1. The van der Waals surface area contributed by atoms with Crippen LogP contribution in [0.1, 0.15) is 42.9 Å². The lowest BCUT2D eigenvalue weighted by Crippen LogP contribution is -2.52. The van der Waals surface area contributed by atoms with Gasteiger partial charge in [-0.1, -0.05) is 72.8 Å². The standard InChI is InChI=1S/C35H39N3O5/c1-3-42-35(41)34-26(2)38(24-33(40)37-20-18-36(19-21-37)23-27-10-6-4-7-11-27)32(39)22-31(34)29-14-16-30(17-15-29)43-25-28-12-8-5-9-13-28/h4-17,31H,3,18-25H2,1-2H3. The van der Waals surface area contributed by atoms with Crippen molar-refractivity contribution in [2.45, 2.75) is 39.3 Å². The van der Waals surface area contributed by atoms with Crippen LogP contribution in [0, 0.1) is 0 Å². The minimum Gasteiger partial charge on any atom is -0.489 e. The molecule has 3 aromatic carbocycles. The number of rotatable bonds is 10. The fourth-order valence-electron chi connectivity index (χ4n) is 5.73. The largest absolute Gasteiger partial charge is 0.489 e. The van der Waals surface area contributed by atoms with Gasteiger partial charge in [-0.2, -0.15) is 0 Å². The predicted octanol–water partition coefficient (Wildman–Crippen LogP) is 4.76.